The lowest BCUT2D eigenvalue weighted by molar-refractivity contribution is 0.558. The van der Waals surface area contributed by atoms with E-state index >= 15 is 0 Å². The standard InChI is InChI=1S/C21H22N4S/c1-13-10-14(2)12-16(11-13)25-20(18-8-7-15(3)23-18)19(24-21(25)26)17-6-4-5-9-22-17/h4-12,19-20,23H,1-3H3,(H,24,26)/t19-,20-/m1/s1. The van der Waals surface area contributed by atoms with Crippen molar-refractivity contribution in [2.45, 2.75) is 32.9 Å². The second-order valence-electron chi connectivity index (χ2n) is 6.94. The molecule has 4 rings (SSSR count). The summed E-state index contributed by atoms with van der Waals surface area (Å²) in [5.74, 6) is 0. The number of hydrogen-bond donors (Lipinski definition) is 2. The zero-order valence-corrected chi connectivity index (χ0v) is 16.0. The summed E-state index contributed by atoms with van der Waals surface area (Å²) in [5.41, 5.74) is 6.81. The van der Waals surface area contributed by atoms with Gasteiger partial charge in [-0.3, -0.25) is 4.98 Å². The number of rotatable bonds is 3. The van der Waals surface area contributed by atoms with E-state index in [1.165, 1.54) is 11.1 Å². The van der Waals surface area contributed by atoms with Crippen molar-refractivity contribution >= 4 is 23.0 Å². The number of aromatic amines is 1. The second-order valence-corrected chi connectivity index (χ2v) is 7.33. The van der Waals surface area contributed by atoms with Gasteiger partial charge in [0.25, 0.3) is 0 Å². The molecule has 1 aliphatic rings. The van der Waals surface area contributed by atoms with E-state index in [1.807, 2.05) is 24.4 Å². The van der Waals surface area contributed by atoms with Crippen LogP contribution in [0.15, 0.2) is 54.7 Å². The largest absolute Gasteiger partial charge is 0.361 e. The van der Waals surface area contributed by atoms with Crippen LogP contribution in [0.25, 0.3) is 0 Å². The van der Waals surface area contributed by atoms with Gasteiger partial charge in [0.1, 0.15) is 6.04 Å². The molecular formula is C21H22N4S. The van der Waals surface area contributed by atoms with Gasteiger partial charge in [0, 0.05) is 23.3 Å². The van der Waals surface area contributed by atoms with Crippen molar-refractivity contribution in [3.8, 4) is 0 Å². The Bertz CT molecular complexity index is 927. The Morgan fingerprint density at radius 3 is 2.38 bits per heavy atom. The Kier molecular flexibility index (Phi) is 4.24. The fourth-order valence-electron chi connectivity index (χ4n) is 3.74. The maximum absolute atomic E-state index is 5.74. The fourth-order valence-corrected chi connectivity index (χ4v) is 4.08. The van der Waals surface area contributed by atoms with Crippen LogP contribution < -0.4 is 10.2 Å². The lowest BCUT2D eigenvalue weighted by Crippen LogP contribution is -2.29. The van der Waals surface area contributed by atoms with E-state index in [2.05, 4.69) is 71.3 Å². The number of anilines is 1. The summed E-state index contributed by atoms with van der Waals surface area (Å²) in [5, 5.41) is 4.22. The van der Waals surface area contributed by atoms with Gasteiger partial charge in [-0.05, 0) is 80.5 Å². The van der Waals surface area contributed by atoms with Crippen LogP contribution in [0.1, 0.15) is 40.3 Å². The molecule has 1 aliphatic heterocycles. The monoisotopic (exact) mass is 362 g/mol. The Labute approximate surface area is 159 Å². The molecule has 0 unspecified atom stereocenters. The van der Waals surface area contributed by atoms with Crippen LogP contribution in [-0.2, 0) is 0 Å². The molecule has 0 bridgehead atoms. The predicted molar refractivity (Wildman–Crippen MR) is 109 cm³/mol. The van der Waals surface area contributed by atoms with Gasteiger partial charge in [-0.2, -0.15) is 0 Å². The van der Waals surface area contributed by atoms with Crippen molar-refractivity contribution in [3.05, 3.63) is 82.9 Å². The minimum atomic E-state index is -0.0115. The highest BCUT2D eigenvalue weighted by Crippen LogP contribution is 2.41. The quantitative estimate of drug-likeness (QED) is 0.673. The number of aromatic nitrogens is 2. The van der Waals surface area contributed by atoms with Gasteiger partial charge >= 0.3 is 0 Å². The summed E-state index contributed by atoms with van der Waals surface area (Å²) in [7, 11) is 0. The third-order valence-electron chi connectivity index (χ3n) is 4.76. The minimum absolute atomic E-state index is 0.0115. The fraction of sp³-hybridized carbons (Fsp3) is 0.238. The van der Waals surface area contributed by atoms with Gasteiger partial charge < -0.3 is 15.2 Å². The van der Waals surface area contributed by atoms with Crippen LogP contribution in [0.4, 0.5) is 5.69 Å². The Balaban J connectivity index is 1.85. The zero-order chi connectivity index (χ0) is 18.3. The molecule has 1 fully saturated rings. The van der Waals surface area contributed by atoms with Crippen LogP contribution in [0, 0.1) is 20.8 Å². The lowest BCUT2D eigenvalue weighted by Gasteiger charge is -2.27. The van der Waals surface area contributed by atoms with E-state index in [1.54, 1.807) is 0 Å². The highest BCUT2D eigenvalue weighted by atomic mass is 32.1. The molecule has 2 aromatic heterocycles. The predicted octanol–water partition coefficient (Wildman–Crippen LogP) is 4.51. The van der Waals surface area contributed by atoms with Crippen molar-refractivity contribution < 1.29 is 0 Å². The number of nitrogens with one attached hydrogen (secondary N) is 2. The summed E-state index contributed by atoms with van der Waals surface area (Å²) in [6.45, 7) is 6.31. The number of H-pyrrole nitrogens is 1. The van der Waals surface area contributed by atoms with Crippen molar-refractivity contribution in [3.63, 3.8) is 0 Å². The van der Waals surface area contributed by atoms with Gasteiger partial charge in [0.05, 0.1) is 11.7 Å². The summed E-state index contributed by atoms with van der Waals surface area (Å²) in [6, 6.07) is 16.8. The van der Waals surface area contributed by atoms with Crippen molar-refractivity contribution in [2.75, 3.05) is 4.90 Å². The summed E-state index contributed by atoms with van der Waals surface area (Å²) >= 11 is 5.74. The number of hydrogen-bond acceptors (Lipinski definition) is 2. The first-order chi connectivity index (χ1) is 12.5. The highest BCUT2D eigenvalue weighted by molar-refractivity contribution is 7.80. The Morgan fingerprint density at radius 1 is 1.00 bits per heavy atom. The summed E-state index contributed by atoms with van der Waals surface area (Å²) in [6.07, 6.45) is 1.83. The van der Waals surface area contributed by atoms with Crippen LogP contribution >= 0.6 is 12.2 Å². The van der Waals surface area contributed by atoms with Gasteiger partial charge in [0.2, 0.25) is 0 Å². The number of benzene rings is 1. The van der Waals surface area contributed by atoms with Gasteiger partial charge in [-0.25, -0.2) is 0 Å². The molecule has 0 radical (unpaired) electrons. The highest BCUT2D eigenvalue weighted by Gasteiger charge is 2.41. The molecule has 2 N–H and O–H groups in total. The number of aryl methyl sites for hydroxylation is 3. The number of thiocarbonyl (C=S) groups is 1. The molecule has 2 atom stereocenters. The maximum atomic E-state index is 5.74. The second kappa shape index (κ2) is 6.57. The molecule has 0 aliphatic carbocycles. The van der Waals surface area contributed by atoms with E-state index in [4.69, 9.17) is 12.2 Å². The average Bonchev–Trinajstić information content (AvgIpc) is 3.18. The average molecular weight is 363 g/mol. The molecule has 5 heteroatoms. The lowest BCUT2D eigenvalue weighted by atomic mass is 10.0. The van der Waals surface area contributed by atoms with Crippen molar-refractivity contribution in [2.24, 2.45) is 0 Å². The Hall–Kier alpha value is -2.66. The van der Waals surface area contributed by atoms with Crippen molar-refractivity contribution in [1.82, 2.24) is 15.3 Å². The van der Waals surface area contributed by atoms with Crippen LogP contribution in [0.2, 0.25) is 0 Å². The minimum Gasteiger partial charge on any atom is -0.361 e. The molecule has 0 amide bonds. The topological polar surface area (TPSA) is 44.0 Å². The number of pyridine rings is 1. The molecule has 132 valence electrons. The van der Waals surface area contributed by atoms with E-state index in [-0.39, 0.29) is 12.1 Å². The van der Waals surface area contributed by atoms with E-state index in [9.17, 15) is 0 Å². The molecule has 1 aromatic carbocycles. The van der Waals surface area contributed by atoms with Gasteiger partial charge in [-0.15, -0.1) is 0 Å². The van der Waals surface area contributed by atoms with Crippen LogP contribution in [0.3, 0.4) is 0 Å². The Morgan fingerprint density at radius 2 is 1.77 bits per heavy atom. The van der Waals surface area contributed by atoms with Crippen LogP contribution in [-0.4, -0.2) is 15.1 Å². The molecule has 1 saturated heterocycles. The van der Waals surface area contributed by atoms with E-state index in [0.717, 1.165) is 27.9 Å². The molecule has 26 heavy (non-hydrogen) atoms. The summed E-state index contributed by atoms with van der Waals surface area (Å²) < 4.78 is 0. The molecule has 3 heterocycles. The first-order valence-corrected chi connectivity index (χ1v) is 9.18. The first kappa shape index (κ1) is 16.8. The normalized spacial score (nSPS) is 19.7. The third-order valence-corrected chi connectivity index (χ3v) is 5.07. The van der Waals surface area contributed by atoms with E-state index < -0.39 is 0 Å². The molecular weight excluding hydrogens is 340 g/mol. The molecule has 0 saturated carbocycles. The van der Waals surface area contributed by atoms with Crippen molar-refractivity contribution in [1.29, 1.82) is 0 Å². The van der Waals surface area contributed by atoms with Gasteiger partial charge in [-0.1, -0.05) is 12.1 Å². The van der Waals surface area contributed by atoms with E-state index in [0.29, 0.717) is 0 Å². The summed E-state index contributed by atoms with van der Waals surface area (Å²) in [4.78, 5) is 10.3. The SMILES string of the molecule is Cc1cc(C)cc(N2C(=S)N[C@H](c3ccccn3)[C@H]2c2ccc(C)[nH]2)c1. The molecule has 4 nitrogen and oxygen atoms in total. The smallest absolute Gasteiger partial charge is 0.174 e. The third kappa shape index (κ3) is 2.99. The zero-order valence-electron chi connectivity index (χ0n) is 15.2. The number of nitrogens with zero attached hydrogens (tertiary/aromatic N) is 2. The first-order valence-electron chi connectivity index (χ1n) is 8.77. The molecule has 3 aromatic rings. The maximum Gasteiger partial charge on any atom is 0.174 e. The molecule has 0 spiro atoms. The van der Waals surface area contributed by atoms with Crippen LogP contribution in [0.5, 0.6) is 0 Å². The van der Waals surface area contributed by atoms with Gasteiger partial charge in [0.15, 0.2) is 5.11 Å².